The Morgan fingerprint density at radius 2 is 1.97 bits per heavy atom. The highest BCUT2D eigenvalue weighted by atomic mass is 16.2. The summed E-state index contributed by atoms with van der Waals surface area (Å²) in [7, 11) is 0. The first-order valence-corrected chi connectivity index (χ1v) is 9.69. The van der Waals surface area contributed by atoms with Gasteiger partial charge >= 0.3 is 6.03 Å². The minimum Gasteiger partial charge on any atom is -0.333 e. The third-order valence-corrected chi connectivity index (χ3v) is 4.83. The lowest BCUT2D eigenvalue weighted by Gasteiger charge is -2.30. The fourth-order valence-electron chi connectivity index (χ4n) is 3.50. The summed E-state index contributed by atoms with van der Waals surface area (Å²) >= 11 is 0. The number of nitriles is 1. The topological polar surface area (TPSA) is 85.2 Å². The van der Waals surface area contributed by atoms with Gasteiger partial charge in [0, 0.05) is 23.3 Å². The number of urea groups is 1. The molecule has 0 aromatic heterocycles. The SMILES string of the molecule is Cc1cccc(CN2C(=O)CCc3cc(NC(=O)NC(C)(C)C)ccc32)c1C#N. The molecule has 0 aliphatic carbocycles. The zero-order chi connectivity index (χ0) is 21.2. The fourth-order valence-corrected chi connectivity index (χ4v) is 3.50. The molecule has 1 aliphatic rings. The molecule has 2 N–H and O–H groups in total. The number of anilines is 2. The Hall–Kier alpha value is -3.33. The zero-order valence-electron chi connectivity index (χ0n) is 17.3. The lowest BCUT2D eigenvalue weighted by atomic mass is 9.97. The van der Waals surface area contributed by atoms with Crippen LogP contribution in [0, 0.1) is 18.3 Å². The largest absolute Gasteiger partial charge is 0.333 e. The van der Waals surface area contributed by atoms with Crippen LogP contribution in [0.15, 0.2) is 36.4 Å². The maximum absolute atomic E-state index is 12.6. The van der Waals surface area contributed by atoms with Crippen LogP contribution in [0.4, 0.5) is 16.2 Å². The normalized spacial score (nSPS) is 13.5. The van der Waals surface area contributed by atoms with Gasteiger partial charge in [0.1, 0.15) is 0 Å². The number of carbonyl (C=O) groups is 2. The van der Waals surface area contributed by atoms with Crippen molar-refractivity contribution in [3.8, 4) is 6.07 Å². The summed E-state index contributed by atoms with van der Waals surface area (Å²) in [6.07, 6.45) is 1.03. The van der Waals surface area contributed by atoms with Crippen molar-refractivity contribution in [1.82, 2.24) is 5.32 Å². The summed E-state index contributed by atoms with van der Waals surface area (Å²) < 4.78 is 0. The smallest absolute Gasteiger partial charge is 0.319 e. The van der Waals surface area contributed by atoms with Crippen LogP contribution < -0.4 is 15.5 Å². The first kappa shape index (κ1) is 20.4. The molecule has 3 rings (SSSR count). The van der Waals surface area contributed by atoms with Crippen molar-refractivity contribution in [2.45, 2.75) is 52.6 Å². The minimum atomic E-state index is -0.326. The van der Waals surface area contributed by atoms with E-state index in [0.29, 0.717) is 30.6 Å². The first-order chi connectivity index (χ1) is 13.7. The zero-order valence-corrected chi connectivity index (χ0v) is 17.3. The van der Waals surface area contributed by atoms with Gasteiger partial charge in [0.05, 0.1) is 18.2 Å². The van der Waals surface area contributed by atoms with E-state index in [1.165, 1.54) is 0 Å². The highest BCUT2D eigenvalue weighted by Gasteiger charge is 2.25. The molecule has 1 heterocycles. The Bertz CT molecular complexity index is 999. The predicted molar refractivity (Wildman–Crippen MR) is 114 cm³/mol. The second kappa shape index (κ2) is 7.96. The molecule has 0 fully saturated rings. The van der Waals surface area contributed by atoms with Crippen molar-refractivity contribution < 1.29 is 9.59 Å². The van der Waals surface area contributed by atoms with Crippen LogP contribution in [0.3, 0.4) is 0 Å². The quantitative estimate of drug-likeness (QED) is 0.821. The fraction of sp³-hybridized carbons (Fsp3) is 0.348. The highest BCUT2D eigenvalue weighted by Crippen LogP contribution is 2.32. The van der Waals surface area contributed by atoms with E-state index in [4.69, 9.17) is 0 Å². The van der Waals surface area contributed by atoms with Crippen molar-refractivity contribution >= 4 is 23.3 Å². The Kier molecular flexibility index (Phi) is 5.60. The second-order valence-corrected chi connectivity index (χ2v) is 8.37. The average Bonchev–Trinajstić information content (AvgIpc) is 2.62. The van der Waals surface area contributed by atoms with Crippen molar-refractivity contribution in [1.29, 1.82) is 5.26 Å². The van der Waals surface area contributed by atoms with Gasteiger partial charge in [-0.3, -0.25) is 4.79 Å². The molecule has 2 aromatic rings. The molecule has 2 aromatic carbocycles. The minimum absolute atomic E-state index is 0.0362. The van der Waals surface area contributed by atoms with Crippen LogP contribution in [0.2, 0.25) is 0 Å². The molecular weight excluding hydrogens is 364 g/mol. The van der Waals surface area contributed by atoms with Gasteiger partial charge in [0.15, 0.2) is 0 Å². The van der Waals surface area contributed by atoms with Gasteiger partial charge in [-0.1, -0.05) is 18.2 Å². The molecule has 6 heteroatoms. The van der Waals surface area contributed by atoms with Crippen LogP contribution in [0.25, 0.3) is 0 Å². The molecule has 0 radical (unpaired) electrons. The summed E-state index contributed by atoms with van der Waals surface area (Å²) in [4.78, 5) is 26.5. The van der Waals surface area contributed by atoms with E-state index in [2.05, 4.69) is 16.7 Å². The van der Waals surface area contributed by atoms with E-state index >= 15 is 0 Å². The third kappa shape index (κ3) is 4.75. The number of fused-ring (bicyclic) bond motifs is 1. The molecule has 3 amide bonds. The lowest BCUT2D eigenvalue weighted by Crippen LogP contribution is -2.43. The summed E-state index contributed by atoms with van der Waals surface area (Å²) in [5.41, 5.74) is 4.54. The number of hydrogen-bond acceptors (Lipinski definition) is 3. The van der Waals surface area contributed by atoms with Gasteiger partial charge in [-0.05, 0) is 69.0 Å². The molecule has 0 unspecified atom stereocenters. The molecule has 29 heavy (non-hydrogen) atoms. The number of carbonyl (C=O) groups excluding carboxylic acids is 2. The monoisotopic (exact) mass is 390 g/mol. The van der Waals surface area contributed by atoms with Gasteiger partial charge in [-0.15, -0.1) is 0 Å². The van der Waals surface area contributed by atoms with Crippen LogP contribution >= 0.6 is 0 Å². The Balaban J connectivity index is 1.85. The number of rotatable bonds is 3. The molecule has 0 bridgehead atoms. The third-order valence-electron chi connectivity index (χ3n) is 4.83. The molecular formula is C23H26N4O2. The average molecular weight is 390 g/mol. The number of amides is 3. The molecule has 150 valence electrons. The number of nitrogens with zero attached hydrogens (tertiary/aromatic N) is 2. The van der Waals surface area contributed by atoms with Crippen molar-refractivity contribution in [2.75, 3.05) is 10.2 Å². The van der Waals surface area contributed by atoms with Gasteiger partial charge in [0.25, 0.3) is 0 Å². The van der Waals surface area contributed by atoms with Crippen LogP contribution in [-0.2, 0) is 17.8 Å². The number of nitrogens with one attached hydrogen (secondary N) is 2. The van der Waals surface area contributed by atoms with Gasteiger partial charge < -0.3 is 15.5 Å². The van der Waals surface area contributed by atoms with E-state index in [0.717, 1.165) is 22.4 Å². The maximum Gasteiger partial charge on any atom is 0.319 e. The summed E-state index contributed by atoms with van der Waals surface area (Å²) in [5, 5.41) is 15.2. The molecule has 6 nitrogen and oxygen atoms in total. The van der Waals surface area contributed by atoms with Crippen molar-refractivity contribution in [2.24, 2.45) is 0 Å². The Morgan fingerprint density at radius 3 is 2.66 bits per heavy atom. The number of benzene rings is 2. The van der Waals surface area contributed by atoms with E-state index in [9.17, 15) is 14.9 Å². The summed E-state index contributed by atoms with van der Waals surface area (Å²) in [5.74, 6) is 0.0362. The standard InChI is InChI=1S/C23H26N4O2/c1-15-6-5-7-17(19(15)13-24)14-27-20-10-9-18(12-16(20)8-11-21(27)28)25-22(29)26-23(2,3)4/h5-7,9-10,12H,8,11,14H2,1-4H3,(H2,25,26,29). The molecule has 0 atom stereocenters. The van der Waals surface area contributed by atoms with Crippen LogP contribution in [-0.4, -0.2) is 17.5 Å². The summed E-state index contributed by atoms with van der Waals surface area (Å²) in [6, 6.07) is 13.3. The van der Waals surface area contributed by atoms with Gasteiger partial charge in [-0.25, -0.2) is 4.79 Å². The van der Waals surface area contributed by atoms with E-state index in [1.807, 2.05) is 58.0 Å². The van der Waals surface area contributed by atoms with E-state index in [-0.39, 0.29) is 17.5 Å². The molecule has 0 spiro atoms. The maximum atomic E-state index is 12.6. The second-order valence-electron chi connectivity index (χ2n) is 8.37. The summed E-state index contributed by atoms with van der Waals surface area (Å²) in [6.45, 7) is 8.01. The van der Waals surface area contributed by atoms with E-state index in [1.54, 1.807) is 11.0 Å². The predicted octanol–water partition coefficient (Wildman–Crippen LogP) is 4.27. The van der Waals surface area contributed by atoms with Gasteiger partial charge in [-0.2, -0.15) is 5.26 Å². The first-order valence-electron chi connectivity index (χ1n) is 9.69. The highest BCUT2D eigenvalue weighted by molar-refractivity contribution is 5.97. The van der Waals surface area contributed by atoms with Crippen LogP contribution in [0.5, 0.6) is 0 Å². The van der Waals surface area contributed by atoms with E-state index < -0.39 is 0 Å². The van der Waals surface area contributed by atoms with Crippen molar-refractivity contribution in [3.63, 3.8) is 0 Å². The number of aryl methyl sites for hydroxylation is 2. The van der Waals surface area contributed by atoms with Crippen molar-refractivity contribution in [3.05, 3.63) is 58.7 Å². The van der Waals surface area contributed by atoms with Crippen LogP contribution in [0.1, 0.15) is 49.4 Å². The molecule has 0 saturated carbocycles. The molecule has 0 saturated heterocycles. The van der Waals surface area contributed by atoms with Gasteiger partial charge in [0.2, 0.25) is 5.91 Å². The lowest BCUT2D eigenvalue weighted by molar-refractivity contribution is -0.119. The Morgan fingerprint density at radius 1 is 1.21 bits per heavy atom. The Labute approximate surface area is 171 Å². The molecule has 1 aliphatic heterocycles. The number of hydrogen-bond donors (Lipinski definition) is 2.